The van der Waals surface area contributed by atoms with Gasteiger partial charge in [-0.2, -0.15) is 10.4 Å². The lowest BCUT2D eigenvalue weighted by atomic mass is 9.81. The average molecular weight is 293 g/mol. The maximum absolute atomic E-state index is 9.41. The van der Waals surface area contributed by atoms with E-state index in [0.717, 1.165) is 16.7 Å². The van der Waals surface area contributed by atoms with E-state index in [9.17, 15) is 5.26 Å². The van der Waals surface area contributed by atoms with E-state index >= 15 is 0 Å². The van der Waals surface area contributed by atoms with Crippen LogP contribution >= 0.6 is 0 Å². The zero-order chi connectivity index (χ0) is 16.4. The molecule has 0 saturated carbocycles. The van der Waals surface area contributed by atoms with Gasteiger partial charge in [0.05, 0.1) is 18.0 Å². The monoisotopic (exact) mass is 293 g/mol. The third-order valence-electron chi connectivity index (χ3n) is 3.79. The molecule has 1 aromatic heterocycles. The van der Waals surface area contributed by atoms with Gasteiger partial charge in [0.1, 0.15) is 12.7 Å². The Morgan fingerprint density at radius 3 is 2.45 bits per heavy atom. The van der Waals surface area contributed by atoms with E-state index in [1.165, 1.54) is 6.33 Å². The predicted octanol–water partition coefficient (Wildman–Crippen LogP) is 3.28. The minimum atomic E-state index is -0.626. The zero-order valence-corrected chi connectivity index (χ0v) is 13.3. The molecule has 1 heterocycles. The first-order valence-electron chi connectivity index (χ1n) is 7.06. The zero-order valence-electron chi connectivity index (χ0n) is 13.3. The molecule has 0 aliphatic carbocycles. The lowest BCUT2D eigenvalue weighted by molar-refractivity contribution is 0.636. The second-order valence-electron chi connectivity index (χ2n) is 6.42. The van der Waals surface area contributed by atoms with E-state index in [2.05, 4.69) is 21.0 Å². The molecule has 1 aromatic carbocycles. The summed E-state index contributed by atoms with van der Waals surface area (Å²) in [7, 11) is 0. The molecule has 2 aromatic rings. The molecule has 0 radical (unpaired) electrons. The van der Waals surface area contributed by atoms with E-state index in [1.54, 1.807) is 11.0 Å². The van der Waals surface area contributed by atoms with Crippen LogP contribution in [0.4, 0.5) is 0 Å². The number of nitrogens with zero attached hydrogens (tertiary/aromatic N) is 5. The van der Waals surface area contributed by atoms with Crippen LogP contribution in [0.15, 0.2) is 30.9 Å². The van der Waals surface area contributed by atoms with Crippen LogP contribution in [0.3, 0.4) is 0 Å². The molecular weight excluding hydrogens is 274 g/mol. The van der Waals surface area contributed by atoms with Gasteiger partial charge in [-0.05, 0) is 37.1 Å². The van der Waals surface area contributed by atoms with Gasteiger partial charge in [-0.3, -0.25) is 0 Å². The van der Waals surface area contributed by atoms with Gasteiger partial charge in [-0.15, -0.1) is 0 Å². The summed E-state index contributed by atoms with van der Waals surface area (Å²) in [5, 5.41) is 13.5. The van der Waals surface area contributed by atoms with Crippen LogP contribution in [-0.4, -0.2) is 14.8 Å². The van der Waals surface area contributed by atoms with Gasteiger partial charge >= 0.3 is 0 Å². The van der Waals surface area contributed by atoms with Crippen molar-refractivity contribution >= 4 is 0 Å². The molecule has 0 aliphatic rings. The summed E-state index contributed by atoms with van der Waals surface area (Å²) < 4.78 is 1.73. The maximum Gasteiger partial charge on any atom is 0.252 e. The third-order valence-corrected chi connectivity index (χ3v) is 3.79. The van der Waals surface area contributed by atoms with Crippen molar-refractivity contribution in [2.24, 2.45) is 0 Å². The molecule has 112 valence electrons. The molecule has 0 unspecified atom stereocenters. The Kier molecular flexibility index (Phi) is 4.01. The summed E-state index contributed by atoms with van der Waals surface area (Å²) in [6.07, 6.45) is 3.15. The van der Waals surface area contributed by atoms with Crippen LogP contribution in [-0.2, 0) is 17.5 Å². The van der Waals surface area contributed by atoms with Crippen molar-refractivity contribution in [1.82, 2.24) is 14.8 Å². The SMILES string of the molecule is [C-]#[N+]C(C)(C)c1cc(Cn2cncn2)cc(C(C)(C)C#N)c1. The van der Waals surface area contributed by atoms with Crippen molar-refractivity contribution in [3.05, 3.63) is 59.0 Å². The van der Waals surface area contributed by atoms with Gasteiger partial charge in [0.15, 0.2) is 0 Å². The van der Waals surface area contributed by atoms with Crippen LogP contribution in [0, 0.1) is 17.9 Å². The van der Waals surface area contributed by atoms with Crippen LogP contribution in [0.1, 0.15) is 44.4 Å². The molecule has 5 heteroatoms. The summed E-state index contributed by atoms with van der Waals surface area (Å²) in [4.78, 5) is 7.65. The molecule has 5 nitrogen and oxygen atoms in total. The fourth-order valence-electron chi connectivity index (χ4n) is 2.13. The summed E-state index contributed by atoms with van der Waals surface area (Å²) in [5.41, 5.74) is 1.61. The first-order chi connectivity index (χ1) is 10.3. The number of hydrogen-bond donors (Lipinski definition) is 0. The molecule has 0 amide bonds. The Labute approximate surface area is 131 Å². The quantitative estimate of drug-likeness (QED) is 0.813. The minimum absolute atomic E-state index is 0.566. The van der Waals surface area contributed by atoms with Gasteiger partial charge in [0, 0.05) is 19.4 Å². The van der Waals surface area contributed by atoms with Crippen LogP contribution < -0.4 is 0 Å². The molecule has 2 rings (SSSR count). The summed E-state index contributed by atoms with van der Waals surface area (Å²) in [6.45, 7) is 15.5. The van der Waals surface area contributed by atoms with Crippen molar-refractivity contribution in [3.63, 3.8) is 0 Å². The predicted molar refractivity (Wildman–Crippen MR) is 83.8 cm³/mol. The normalized spacial score (nSPS) is 11.7. The summed E-state index contributed by atoms with van der Waals surface area (Å²) in [5.74, 6) is 0. The Hall–Kier alpha value is -2.66. The largest absolute Gasteiger partial charge is 0.306 e. The lowest BCUT2D eigenvalue weighted by Crippen LogP contribution is -2.19. The number of nitriles is 1. The standard InChI is InChI=1S/C17H19N5/c1-16(2,10-18)14-6-13(9-22-12-20-11-21-22)7-15(8-14)17(3,4)19-5/h6-8,11-12H,9H2,1-4H3. The molecule has 0 bridgehead atoms. The van der Waals surface area contributed by atoms with E-state index in [4.69, 9.17) is 6.57 Å². The molecule has 0 spiro atoms. The van der Waals surface area contributed by atoms with Crippen LogP contribution in [0.25, 0.3) is 4.85 Å². The van der Waals surface area contributed by atoms with Crippen molar-refractivity contribution in [2.45, 2.75) is 45.2 Å². The highest BCUT2D eigenvalue weighted by Gasteiger charge is 2.29. The van der Waals surface area contributed by atoms with E-state index < -0.39 is 11.0 Å². The molecule has 0 N–H and O–H groups in total. The van der Waals surface area contributed by atoms with Gasteiger partial charge < -0.3 is 4.85 Å². The van der Waals surface area contributed by atoms with Crippen molar-refractivity contribution in [2.75, 3.05) is 0 Å². The van der Waals surface area contributed by atoms with Crippen molar-refractivity contribution in [1.29, 1.82) is 5.26 Å². The lowest BCUT2D eigenvalue weighted by Gasteiger charge is -2.21. The Bertz CT molecular complexity index is 698. The van der Waals surface area contributed by atoms with Gasteiger partial charge in [0.2, 0.25) is 0 Å². The van der Waals surface area contributed by atoms with Gasteiger partial charge in [0.25, 0.3) is 5.54 Å². The number of benzene rings is 1. The van der Waals surface area contributed by atoms with Crippen molar-refractivity contribution in [3.8, 4) is 6.07 Å². The van der Waals surface area contributed by atoms with E-state index in [-0.39, 0.29) is 0 Å². The van der Waals surface area contributed by atoms with E-state index in [0.29, 0.717) is 6.54 Å². The highest BCUT2D eigenvalue weighted by molar-refractivity contribution is 5.41. The smallest absolute Gasteiger partial charge is 0.252 e. The first-order valence-corrected chi connectivity index (χ1v) is 7.06. The fraction of sp³-hybridized carbons (Fsp3) is 0.412. The van der Waals surface area contributed by atoms with Gasteiger partial charge in [-0.25, -0.2) is 16.2 Å². The Morgan fingerprint density at radius 1 is 1.23 bits per heavy atom. The fourth-order valence-corrected chi connectivity index (χ4v) is 2.13. The van der Waals surface area contributed by atoms with Crippen LogP contribution in [0.5, 0.6) is 0 Å². The minimum Gasteiger partial charge on any atom is -0.306 e. The highest BCUT2D eigenvalue weighted by atomic mass is 15.3. The molecule has 22 heavy (non-hydrogen) atoms. The second-order valence-corrected chi connectivity index (χ2v) is 6.42. The molecule has 0 saturated heterocycles. The topological polar surface area (TPSA) is 58.9 Å². The third kappa shape index (κ3) is 3.15. The number of hydrogen-bond acceptors (Lipinski definition) is 3. The first kappa shape index (κ1) is 15.7. The average Bonchev–Trinajstić information content (AvgIpc) is 2.99. The van der Waals surface area contributed by atoms with Crippen LogP contribution in [0.2, 0.25) is 0 Å². The highest BCUT2D eigenvalue weighted by Crippen LogP contribution is 2.31. The summed E-state index contributed by atoms with van der Waals surface area (Å²) >= 11 is 0. The molecule has 0 atom stereocenters. The molecular formula is C17H19N5. The summed E-state index contributed by atoms with van der Waals surface area (Å²) in [6, 6.07) is 8.31. The van der Waals surface area contributed by atoms with E-state index in [1.807, 2.05) is 45.9 Å². The maximum atomic E-state index is 9.41. The Morgan fingerprint density at radius 2 is 1.91 bits per heavy atom. The molecule has 0 fully saturated rings. The van der Waals surface area contributed by atoms with Gasteiger partial charge in [-0.1, -0.05) is 6.07 Å². The number of aromatic nitrogens is 3. The Balaban J connectivity index is 2.55. The molecule has 0 aliphatic heterocycles. The number of rotatable bonds is 4. The second kappa shape index (κ2) is 5.61. The van der Waals surface area contributed by atoms with Crippen molar-refractivity contribution < 1.29 is 0 Å².